The lowest BCUT2D eigenvalue weighted by Gasteiger charge is -2.16. The minimum absolute atomic E-state index is 0.0812. The molecule has 0 heterocycles. The first-order valence-corrected chi connectivity index (χ1v) is 8.82. The van der Waals surface area contributed by atoms with Crippen molar-refractivity contribution in [2.24, 2.45) is 0 Å². The van der Waals surface area contributed by atoms with Crippen molar-refractivity contribution in [1.82, 2.24) is 0 Å². The Morgan fingerprint density at radius 3 is 2.62 bits per heavy atom. The number of carbonyl (C=O) groups is 1. The van der Waals surface area contributed by atoms with E-state index in [4.69, 9.17) is 4.18 Å². The maximum absolute atomic E-state index is 12.5. The molecule has 0 unspecified atom stereocenters. The van der Waals surface area contributed by atoms with Crippen LogP contribution in [0.15, 0.2) is 53.4 Å². The molecule has 2 aromatic carbocycles. The van der Waals surface area contributed by atoms with E-state index >= 15 is 0 Å². The van der Waals surface area contributed by atoms with Gasteiger partial charge in [-0.25, -0.2) is 4.79 Å². The van der Waals surface area contributed by atoms with Gasteiger partial charge in [-0.2, -0.15) is 8.42 Å². The van der Waals surface area contributed by atoms with Crippen molar-refractivity contribution in [3.05, 3.63) is 70.1 Å². The number of fused-ring (bicyclic) bond motifs is 1. The van der Waals surface area contributed by atoms with Gasteiger partial charge in [0.25, 0.3) is 0 Å². The van der Waals surface area contributed by atoms with Crippen LogP contribution in [0.1, 0.15) is 27.9 Å². The van der Waals surface area contributed by atoms with Gasteiger partial charge in [0.1, 0.15) is 5.75 Å². The normalized spacial score (nSPS) is 13.6. The minimum Gasteiger partial charge on any atom is -0.465 e. The highest BCUT2D eigenvalue weighted by Gasteiger charge is 2.24. The van der Waals surface area contributed by atoms with Gasteiger partial charge in [-0.1, -0.05) is 30.3 Å². The van der Waals surface area contributed by atoms with Crippen molar-refractivity contribution in [1.29, 1.82) is 0 Å². The molecule has 24 heavy (non-hydrogen) atoms. The Labute approximate surface area is 140 Å². The molecular weight excluding hydrogens is 328 g/mol. The summed E-state index contributed by atoms with van der Waals surface area (Å²) in [6.45, 7) is 0. The summed E-state index contributed by atoms with van der Waals surface area (Å²) in [6.07, 6.45) is 2.67. The lowest BCUT2D eigenvalue weighted by atomic mass is 9.98. The first-order chi connectivity index (χ1) is 11.5. The summed E-state index contributed by atoms with van der Waals surface area (Å²) in [5, 5.41) is 0. The van der Waals surface area contributed by atoms with Crippen LogP contribution in [0.25, 0.3) is 6.08 Å². The van der Waals surface area contributed by atoms with Crippen LogP contribution in [-0.2, 0) is 21.3 Å². The molecule has 1 aliphatic rings. The highest BCUT2D eigenvalue weighted by molar-refractivity contribution is 7.91. The largest absolute Gasteiger partial charge is 0.465 e. The summed E-state index contributed by atoms with van der Waals surface area (Å²) < 4.78 is 34.8. The van der Waals surface area contributed by atoms with E-state index < -0.39 is 16.1 Å². The van der Waals surface area contributed by atoms with Crippen molar-refractivity contribution in [3.8, 4) is 5.75 Å². The summed E-state index contributed by atoms with van der Waals surface area (Å²) in [6, 6.07) is 13.6. The van der Waals surface area contributed by atoms with Crippen LogP contribution < -0.4 is 4.18 Å². The zero-order chi connectivity index (χ0) is 17.2. The standard InChI is InChI=1S/C18H16O5S/c1-22-18(19)15-7-4-8-16(11-15)23-24(20,21)17-10-9-13-5-2-3-6-14(13)12-17/h2-8,11-12H,9-10H2,1H3. The molecule has 0 amide bonds. The topological polar surface area (TPSA) is 69.7 Å². The fraction of sp³-hybridized carbons (Fsp3) is 0.167. The molecule has 124 valence electrons. The Balaban J connectivity index is 1.88. The molecule has 3 rings (SSSR count). The van der Waals surface area contributed by atoms with E-state index in [9.17, 15) is 13.2 Å². The molecule has 0 fully saturated rings. The summed E-state index contributed by atoms with van der Waals surface area (Å²) in [7, 11) is -2.66. The van der Waals surface area contributed by atoms with Crippen molar-refractivity contribution < 1.29 is 22.1 Å². The smallest absolute Gasteiger partial charge is 0.337 e. The Kier molecular flexibility index (Phi) is 4.40. The number of carbonyl (C=O) groups excluding carboxylic acids is 1. The third-order valence-electron chi connectivity index (χ3n) is 3.79. The van der Waals surface area contributed by atoms with Crippen LogP contribution in [0.5, 0.6) is 5.75 Å². The average molecular weight is 344 g/mol. The first kappa shape index (κ1) is 16.3. The summed E-state index contributed by atoms with van der Waals surface area (Å²) >= 11 is 0. The molecule has 0 saturated heterocycles. The van der Waals surface area contributed by atoms with Gasteiger partial charge in [-0.3, -0.25) is 0 Å². The summed E-state index contributed by atoms with van der Waals surface area (Å²) in [4.78, 5) is 11.8. The van der Waals surface area contributed by atoms with Crippen molar-refractivity contribution >= 4 is 22.2 Å². The fourth-order valence-electron chi connectivity index (χ4n) is 2.58. The molecule has 2 aromatic rings. The van der Waals surface area contributed by atoms with E-state index in [-0.39, 0.29) is 16.2 Å². The maximum atomic E-state index is 12.5. The number of rotatable bonds is 4. The zero-order valence-electron chi connectivity index (χ0n) is 13.1. The quantitative estimate of drug-likeness (QED) is 0.629. The van der Waals surface area contributed by atoms with Gasteiger partial charge in [-0.05, 0) is 48.2 Å². The summed E-state index contributed by atoms with van der Waals surface area (Å²) in [5.74, 6) is -0.471. The number of benzene rings is 2. The third-order valence-corrected chi connectivity index (χ3v) is 5.17. The second-order valence-electron chi connectivity index (χ2n) is 5.37. The van der Waals surface area contributed by atoms with Crippen LogP contribution in [-0.4, -0.2) is 21.5 Å². The fourth-order valence-corrected chi connectivity index (χ4v) is 3.66. The SMILES string of the molecule is COC(=O)c1cccc(OS(=O)(=O)C2=Cc3ccccc3CC2)c1. The van der Waals surface area contributed by atoms with Crippen LogP contribution in [0.2, 0.25) is 0 Å². The molecule has 0 aromatic heterocycles. The van der Waals surface area contributed by atoms with E-state index in [0.717, 1.165) is 11.1 Å². The molecule has 5 nitrogen and oxygen atoms in total. The highest BCUT2D eigenvalue weighted by Crippen LogP contribution is 2.29. The van der Waals surface area contributed by atoms with Crippen molar-refractivity contribution in [3.63, 3.8) is 0 Å². The number of hydrogen-bond acceptors (Lipinski definition) is 5. The molecule has 1 aliphatic carbocycles. The molecule has 0 spiro atoms. The Bertz CT molecular complexity index is 913. The molecule has 0 atom stereocenters. The molecule has 0 bridgehead atoms. The van der Waals surface area contributed by atoms with Gasteiger partial charge in [-0.15, -0.1) is 0 Å². The zero-order valence-corrected chi connectivity index (χ0v) is 13.9. The lowest BCUT2D eigenvalue weighted by Crippen LogP contribution is -2.15. The third kappa shape index (κ3) is 3.33. The van der Waals surface area contributed by atoms with E-state index in [0.29, 0.717) is 12.8 Å². The number of methoxy groups -OCH3 is 1. The second kappa shape index (κ2) is 6.49. The number of ether oxygens (including phenoxy) is 1. The molecule has 6 heteroatoms. The van der Waals surface area contributed by atoms with Gasteiger partial charge in [0.05, 0.1) is 17.6 Å². The van der Waals surface area contributed by atoms with Crippen LogP contribution in [0.4, 0.5) is 0 Å². The van der Waals surface area contributed by atoms with Gasteiger partial charge in [0.2, 0.25) is 0 Å². The lowest BCUT2D eigenvalue weighted by molar-refractivity contribution is 0.0600. The highest BCUT2D eigenvalue weighted by atomic mass is 32.2. The van der Waals surface area contributed by atoms with E-state index in [1.165, 1.54) is 25.3 Å². The van der Waals surface area contributed by atoms with Gasteiger partial charge in [0.15, 0.2) is 0 Å². The monoisotopic (exact) mass is 344 g/mol. The first-order valence-electron chi connectivity index (χ1n) is 7.41. The van der Waals surface area contributed by atoms with Gasteiger partial charge >= 0.3 is 16.1 Å². The average Bonchev–Trinajstić information content (AvgIpc) is 2.60. The molecule has 0 N–H and O–H groups in total. The van der Waals surface area contributed by atoms with Crippen molar-refractivity contribution in [2.45, 2.75) is 12.8 Å². The van der Waals surface area contributed by atoms with Crippen LogP contribution in [0.3, 0.4) is 0 Å². The molecule has 0 aliphatic heterocycles. The predicted molar refractivity (Wildman–Crippen MR) is 90.1 cm³/mol. The summed E-state index contributed by atoms with van der Waals surface area (Å²) in [5.41, 5.74) is 2.23. The van der Waals surface area contributed by atoms with Crippen LogP contribution in [0, 0.1) is 0 Å². The molecule has 0 saturated carbocycles. The molecular formula is C18H16O5S. The van der Waals surface area contributed by atoms with Crippen LogP contribution >= 0.6 is 0 Å². The van der Waals surface area contributed by atoms with Crippen molar-refractivity contribution in [2.75, 3.05) is 7.11 Å². The second-order valence-corrected chi connectivity index (χ2v) is 6.97. The Morgan fingerprint density at radius 2 is 1.83 bits per heavy atom. The van der Waals surface area contributed by atoms with E-state index in [2.05, 4.69) is 4.74 Å². The maximum Gasteiger partial charge on any atom is 0.337 e. The predicted octanol–water partition coefficient (Wildman–Crippen LogP) is 3.17. The van der Waals surface area contributed by atoms with E-state index in [1.54, 1.807) is 12.1 Å². The number of aryl methyl sites for hydroxylation is 1. The number of hydrogen-bond donors (Lipinski definition) is 0. The minimum atomic E-state index is -3.92. The van der Waals surface area contributed by atoms with Gasteiger partial charge in [0, 0.05) is 0 Å². The van der Waals surface area contributed by atoms with E-state index in [1.807, 2.05) is 24.3 Å². The molecule has 0 radical (unpaired) electrons. The Morgan fingerprint density at radius 1 is 1.04 bits per heavy atom. The number of esters is 1. The Hall–Kier alpha value is -2.60. The number of allylic oxidation sites excluding steroid dienone is 1. The van der Waals surface area contributed by atoms with Gasteiger partial charge < -0.3 is 8.92 Å².